The zero-order chi connectivity index (χ0) is 41.1. The van der Waals surface area contributed by atoms with Gasteiger partial charge in [-0.2, -0.15) is 0 Å². The molecule has 1 nitrogen and oxygen atoms in total. The van der Waals surface area contributed by atoms with Crippen molar-refractivity contribution < 1.29 is 0 Å². The normalized spacial score (nSPS) is 13.3. The van der Waals surface area contributed by atoms with Gasteiger partial charge in [0.2, 0.25) is 0 Å². The van der Waals surface area contributed by atoms with Gasteiger partial charge in [0.1, 0.15) is 0 Å². The summed E-state index contributed by atoms with van der Waals surface area (Å²) in [6.07, 6.45) is 1.10. The Hall–Kier alpha value is -7.22. The molecule has 292 valence electrons. The van der Waals surface area contributed by atoms with Gasteiger partial charge in [0.15, 0.2) is 0 Å². The predicted octanol–water partition coefficient (Wildman–Crippen LogP) is 16.0. The van der Waals surface area contributed by atoms with E-state index in [1.807, 2.05) is 0 Å². The molecule has 0 N–H and O–H groups in total. The van der Waals surface area contributed by atoms with Crippen LogP contribution in [0, 0.1) is 6.92 Å². The highest BCUT2D eigenvalue weighted by atomic mass is 15.0. The molecule has 0 saturated carbocycles. The Morgan fingerprint density at radius 1 is 0.426 bits per heavy atom. The molecule has 1 heteroatoms. The Morgan fingerprint density at radius 3 is 1.49 bits per heavy atom. The minimum Gasteiger partial charge on any atom is -0.309 e. The Bertz CT molecular complexity index is 3090. The van der Waals surface area contributed by atoms with Crippen LogP contribution in [0.5, 0.6) is 0 Å². The summed E-state index contributed by atoms with van der Waals surface area (Å²) < 4.78 is 2.50. The predicted molar refractivity (Wildman–Crippen MR) is 258 cm³/mol. The second kappa shape index (κ2) is 14.8. The molecule has 9 aromatic carbocycles. The van der Waals surface area contributed by atoms with Crippen molar-refractivity contribution in [2.45, 2.75) is 38.5 Å². The Morgan fingerprint density at radius 2 is 0.934 bits per heavy atom. The summed E-state index contributed by atoms with van der Waals surface area (Å²) >= 11 is 0. The summed E-state index contributed by atoms with van der Waals surface area (Å²) in [7, 11) is 0. The Kier molecular flexibility index (Phi) is 8.94. The highest BCUT2D eigenvalue weighted by Gasteiger charge is 2.47. The van der Waals surface area contributed by atoms with E-state index in [4.69, 9.17) is 0 Å². The molecule has 10 aromatic rings. The third-order valence-corrected chi connectivity index (χ3v) is 13.5. The van der Waals surface area contributed by atoms with E-state index >= 15 is 0 Å². The van der Waals surface area contributed by atoms with Crippen molar-refractivity contribution in [2.75, 3.05) is 0 Å². The van der Waals surface area contributed by atoms with Crippen LogP contribution in [-0.4, -0.2) is 4.57 Å². The van der Waals surface area contributed by atoms with Crippen molar-refractivity contribution in [1.29, 1.82) is 0 Å². The number of fused-ring (bicyclic) bond motifs is 6. The minimum atomic E-state index is -0.539. The van der Waals surface area contributed by atoms with E-state index in [0.29, 0.717) is 5.92 Å². The average molecular weight is 782 g/mol. The van der Waals surface area contributed by atoms with Crippen LogP contribution in [0.15, 0.2) is 212 Å². The summed E-state index contributed by atoms with van der Waals surface area (Å²) in [5, 5.41) is 2.49. The van der Waals surface area contributed by atoms with Gasteiger partial charge in [-0.15, -0.1) is 0 Å². The molecule has 0 bridgehead atoms. The Balaban J connectivity index is 1.20. The molecule has 11 rings (SSSR count). The van der Waals surface area contributed by atoms with Gasteiger partial charge in [-0.05, 0) is 140 Å². The lowest BCUT2D eigenvalue weighted by molar-refractivity contribution is 0.735. The first-order valence-corrected chi connectivity index (χ1v) is 21.7. The van der Waals surface area contributed by atoms with Crippen molar-refractivity contribution in [2.24, 2.45) is 0 Å². The molecule has 1 aromatic heterocycles. The minimum absolute atomic E-state index is 0.463. The maximum atomic E-state index is 2.51. The van der Waals surface area contributed by atoms with Crippen LogP contribution >= 0.6 is 0 Å². The fourth-order valence-corrected chi connectivity index (χ4v) is 10.4. The highest BCUT2D eigenvalue weighted by Crippen LogP contribution is 2.58. The molecular weight excluding hydrogens is 735 g/mol. The number of hydrogen-bond donors (Lipinski definition) is 0. The maximum Gasteiger partial charge on any atom is 0.0714 e. The Labute approximate surface area is 359 Å². The van der Waals surface area contributed by atoms with Gasteiger partial charge in [0.05, 0.1) is 16.4 Å². The van der Waals surface area contributed by atoms with E-state index in [-0.39, 0.29) is 0 Å². The lowest BCUT2D eigenvalue weighted by Gasteiger charge is -2.34. The first-order valence-electron chi connectivity index (χ1n) is 21.7. The van der Waals surface area contributed by atoms with Crippen molar-refractivity contribution in [3.05, 3.63) is 246 Å². The van der Waals surface area contributed by atoms with E-state index in [2.05, 4.69) is 238 Å². The van der Waals surface area contributed by atoms with E-state index in [9.17, 15) is 0 Å². The van der Waals surface area contributed by atoms with Crippen LogP contribution in [0.1, 0.15) is 59.6 Å². The van der Waals surface area contributed by atoms with Gasteiger partial charge < -0.3 is 4.57 Å². The molecule has 0 aliphatic heterocycles. The van der Waals surface area contributed by atoms with Crippen LogP contribution in [0.3, 0.4) is 0 Å². The van der Waals surface area contributed by atoms with Crippen LogP contribution in [-0.2, 0) is 5.41 Å². The molecule has 0 amide bonds. The lowest BCUT2D eigenvalue weighted by atomic mass is 9.67. The van der Waals surface area contributed by atoms with E-state index in [0.717, 1.165) is 12.1 Å². The topological polar surface area (TPSA) is 4.93 Å². The SMILES string of the molecule is CCC(C)c1ccccc1-c1cc2c(cc1C)C(c1ccccc1)(c1ccccc1)c1cc(-n3c4ccc(-c5ccccc5)cc4c4cc(-c5ccccc5)ccc43)ccc1-2. The zero-order valence-electron chi connectivity index (χ0n) is 34.9. The molecule has 1 atom stereocenters. The molecule has 0 fully saturated rings. The smallest absolute Gasteiger partial charge is 0.0714 e. The standard InChI is InChI=1S/C60H47N/c1-4-40(2)49-27-17-18-28-50(49)52-39-53-51-32-31-48(38-57(51)60(56(53)35-41(52)3,46-23-13-7-14-24-46)47-25-15-8-16-26-47)61-58-33-29-44(42-19-9-5-10-20-42)36-54(58)55-37-45(30-34-59(55)61)43-21-11-6-12-22-43/h5-40H,4H2,1-3H3. The largest absolute Gasteiger partial charge is 0.309 e. The van der Waals surface area contributed by atoms with Gasteiger partial charge >= 0.3 is 0 Å². The fourth-order valence-electron chi connectivity index (χ4n) is 10.4. The van der Waals surface area contributed by atoms with Crippen LogP contribution in [0.25, 0.3) is 72.0 Å². The number of hydrogen-bond acceptors (Lipinski definition) is 0. The molecule has 0 saturated heterocycles. The lowest BCUT2D eigenvalue weighted by Crippen LogP contribution is -2.28. The second-order valence-electron chi connectivity index (χ2n) is 16.9. The third-order valence-electron chi connectivity index (χ3n) is 13.5. The highest BCUT2D eigenvalue weighted by molar-refractivity contribution is 6.12. The quantitative estimate of drug-likeness (QED) is 0.145. The van der Waals surface area contributed by atoms with Crippen LogP contribution in [0.2, 0.25) is 0 Å². The monoisotopic (exact) mass is 781 g/mol. The van der Waals surface area contributed by atoms with Gasteiger partial charge in [-0.25, -0.2) is 0 Å². The van der Waals surface area contributed by atoms with E-state index < -0.39 is 5.41 Å². The van der Waals surface area contributed by atoms with Crippen LogP contribution in [0.4, 0.5) is 0 Å². The van der Waals surface area contributed by atoms with Crippen molar-refractivity contribution in [1.82, 2.24) is 4.57 Å². The van der Waals surface area contributed by atoms with E-state index in [1.165, 1.54) is 99.7 Å². The number of aryl methyl sites for hydroxylation is 1. The first kappa shape index (κ1) is 36.8. The van der Waals surface area contributed by atoms with Crippen LogP contribution < -0.4 is 0 Å². The molecule has 1 aliphatic carbocycles. The summed E-state index contributed by atoms with van der Waals surface area (Å²) in [6, 6.07) is 79.2. The molecule has 1 unspecified atom stereocenters. The van der Waals surface area contributed by atoms with Crippen molar-refractivity contribution in [3.63, 3.8) is 0 Å². The summed E-state index contributed by atoms with van der Waals surface area (Å²) in [5.41, 5.74) is 21.0. The molecule has 61 heavy (non-hydrogen) atoms. The number of nitrogens with zero attached hydrogens (tertiary/aromatic N) is 1. The molecular formula is C60H47N. The molecule has 1 heterocycles. The van der Waals surface area contributed by atoms with Gasteiger partial charge in [-0.3, -0.25) is 0 Å². The maximum absolute atomic E-state index is 2.51. The average Bonchev–Trinajstić information content (AvgIpc) is 3.80. The van der Waals surface area contributed by atoms with Gasteiger partial charge in [0, 0.05) is 16.5 Å². The second-order valence-corrected chi connectivity index (χ2v) is 16.9. The first-order chi connectivity index (χ1) is 30.0. The van der Waals surface area contributed by atoms with Gasteiger partial charge in [0.25, 0.3) is 0 Å². The summed E-state index contributed by atoms with van der Waals surface area (Å²) in [4.78, 5) is 0. The van der Waals surface area contributed by atoms with Crippen molar-refractivity contribution >= 4 is 21.8 Å². The summed E-state index contributed by atoms with van der Waals surface area (Å²) in [5.74, 6) is 0.463. The van der Waals surface area contributed by atoms with E-state index in [1.54, 1.807) is 0 Å². The number of benzene rings is 9. The fraction of sp³-hybridized carbons (Fsp3) is 0.100. The van der Waals surface area contributed by atoms with Gasteiger partial charge in [-0.1, -0.05) is 184 Å². The summed E-state index contributed by atoms with van der Waals surface area (Å²) in [6.45, 7) is 6.96. The molecule has 0 spiro atoms. The number of rotatable bonds is 8. The zero-order valence-corrected chi connectivity index (χ0v) is 34.9. The number of aromatic nitrogens is 1. The van der Waals surface area contributed by atoms with Crippen molar-refractivity contribution in [3.8, 4) is 50.2 Å². The molecule has 0 radical (unpaired) electrons. The molecule has 1 aliphatic rings. The third kappa shape index (κ3) is 5.83.